The van der Waals surface area contributed by atoms with Gasteiger partial charge in [0.05, 0.1) is 4.88 Å². The molecule has 94 valence electrons. The fourth-order valence-corrected chi connectivity index (χ4v) is 3.34. The Morgan fingerprint density at radius 3 is 2.74 bits per heavy atom. The summed E-state index contributed by atoms with van der Waals surface area (Å²) in [5, 5.41) is 0.893. The van der Waals surface area contributed by atoms with Gasteiger partial charge in [0.2, 0.25) is 5.78 Å². The van der Waals surface area contributed by atoms with Gasteiger partial charge in [-0.15, -0.1) is 11.3 Å². The molecule has 0 saturated carbocycles. The fraction of sp³-hybridized carbons (Fsp3) is 0. The molecule has 4 heteroatoms. The molecule has 3 aromatic rings. The number of benzene rings is 2. The summed E-state index contributed by atoms with van der Waals surface area (Å²) in [5.74, 6) is -0.321. The minimum atomic E-state index is -0.282. The molecule has 0 radical (unpaired) electrons. The first kappa shape index (κ1) is 12.5. The van der Waals surface area contributed by atoms with Crippen LogP contribution in [0.2, 0.25) is 0 Å². The van der Waals surface area contributed by atoms with Gasteiger partial charge in [0, 0.05) is 14.7 Å². The second kappa shape index (κ2) is 4.87. The topological polar surface area (TPSA) is 17.1 Å². The minimum Gasteiger partial charge on any atom is -0.288 e. The molecular weight excluding hydrogens is 327 g/mol. The van der Waals surface area contributed by atoms with Crippen LogP contribution in [0, 0.1) is 5.82 Å². The molecule has 0 amide bonds. The van der Waals surface area contributed by atoms with Crippen molar-refractivity contribution in [2.75, 3.05) is 0 Å². The first-order chi connectivity index (χ1) is 9.13. The number of ketones is 1. The number of hydrogen-bond acceptors (Lipinski definition) is 2. The van der Waals surface area contributed by atoms with Crippen LogP contribution in [0.25, 0.3) is 10.1 Å². The zero-order valence-corrected chi connectivity index (χ0v) is 12.1. The van der Waals surface area contributed by atoms with E-state index in [1.165, 1.54) is 23.5 Å². The summed E-state index contributed by atoms with van der Waals surface area (Å²) >= 11 is 4.66. The first-order valence-electron chi connectivity index (χ1n) is 5.63. The average molecular weight is 335 g/mol. The minimum absolute atomic E-state index is 0.0390. The molecular formula is C15H8BrFOS. The van der Waals surface area contributed by atoms with Crippen molar-refractivity contribution in [3.8, 4) is 0 Å². The van der Waals surface area contributed by atoms with Gasteiger partial charge >= 0.3 is 0 Å². The van der Waals surface area contributed by atoms with Gasteiger partial charge in [0.1, 0.15) is 5.82 Å². The molecule has 1 nitrogen and oxygen atoms in total. The smallest absolute Gasteiger partial charge is 0.203 e. The van der Waals surface area contributed by atoms with Gasteiger partial charge in [-0.1, -0.05) is 34.1 Å². The predicted octanol–water partition coefficient (Wildman–Crippen LogP) is 5.03. The Balaban J connectivity index is 2.06. The van der Waals surface area contributed by atoms with Gasteiger partial charge in [0.15, 0.2) is 0 Å². The lowest BCUT2D eigenvalue weighted by Gasteiger charge is -1.98. The number of rotatable bonds is 2. The summed E-state index contributed by atoms with van der Waals surface area (Å²) in [6.07, 6.45) is 0. The van der Waals surface area contributed by atoms with Crippen LogP contribution in [0.1, 0.15) is 15.2 Å². The Morgan fingerprint density at radius 1 is 1.11 bits per heavy atom. The third-order valence-corrected chi connectivity index (χ3v) is 4.38. The first-order valence-corrected chi connectivity index (χ1v) is 7.24. The molecule has 0 saturated heterocycles. The Morgan fingerprint density at radius 2 is 1.95 bits per heavy atom. The van der Waals surface area contributed by atoms with Crippen molar-refractivity contribution in [1.29, 1.82) is 0 Å². The number of carbonyl (C=O) groups excluding carboxylic acids is 1. The van der Waals surface area contributed by atoms with E-state index in [1.807, 2.05) is 18.2 Å². The molecule has 2 aromatic carbocycles. The van der Waals surface area contributed by atoms with E-state index in [0.29, 0.717) is 10.4 Å². The molecule has 0 bridgehead atoms. The van der Waals surface area contributed by atoms with E-state index < -0.39 is 0 Å². The second-order valence-corrected chi connectivity index (χ2v) is 6.13. The summed E-state index contributed by atoms with van der Waals surface area (Å²) in [5.41, 5.74) is 0.626. The largest absolute Gasteiger partial charge is 0.288 e. The van der Waals surface area contributed by atoms with Crippen LogP contribution in [0.4, 0.5) is 4.39 Å². The highest BCUT2D eigenvalue weighted by Crippen LogP contribution is 2.28. The zero-order chi connectivity index (χ0) is 13.4. The van der Waals surface area contributed by atoms with E-state index in [1.54, 1.807) is 18.2 Å². The maximum atomic E-state index is 13.1. The normalized spacial score (nSPS) is 10.8. The van der Waals surface area contributed by atoms with Crippen LogP contribution in [-0.2, 0) is 0 Å². The number of carbonyl (C=O) groups is 1. The number of halogens is 2. The molecule has 0 atom stereocenters. The summed E-state index contributed by atoms with van der Waals surface area (Å²) < 4.78 is 14.8. The summed E-state index contributed by atoms with van der Waals surface area (Å²) in [6, 6.07) is 13.6. The van der Waals surface area contributed by atoms with E-state index in [4.69, 9.17) is 0 Å². The molecule has 0 aliphatic heterocycles. The van der Waals surface area contributed by atoms with Gasteiger partial charge in [-0.25, -0.2) is 4.39 Å². The summed E-state index contributed by atoms with van der Waals surface area (Å²) in [6.45, 7) is 0. The summed E-state index contributed by atoms with van der Waals surface area (Å²) in [4.78, 5) is 13.0. The summed E-state index contributed by atoms with van der Waals surface area (Å²) in [7, 11) is 0. The highest BCUT2D eigenvalue weighted by atomic mass is 79.9. The second-order valence-electron chi connectivity index (χ2n) is 4.13. The number of thiophene rings is 1. The van der Waals surface area contributed by atoms with Crippen molar-refractivity contribution in [3.63, 3.8) is 0 Å². The van der Waals surface area contributed by atoms with Crippen LogP contribution in [0.5, 0.6) is 0 Å². The average Bonchev–Trinajstić information content (AvgIpc) is 2.80. The van der Waals surface area contributed by atoms with E-state index in [2.05, 4.69) is 15.9 Å². The Bertz CT molecular complexity index is 779. The van der Waals surface area contributed by atoms with Crippen LogP contribution in [-0.4, -0.2) is 5.78 Å². The molecule has 0 N–H and O–H groups in total. The fourth-order valence-electron chi connectivity index (χ4n) is 1.89. The van der Waals surface area contributed by atoms with Crippen LogP contribution < -0.4 is 0 Å². The van der Waals surface area contributed by atoms with Crippen molar-refractivity contribution < 1.29 is 9.18 Å². The zero-order valence-electron chi connectivity index (χ0n) is 9.69. The molecule has 0 spiro atoms. The molecule has 0 aliphatic carbocycles. The highest BCUT2D eigenvalue weighted by Gasteiger charge is 2.13. The lowest BCUT2D eigenvalue weighted by molar-refractivity contribution is 0.104. The molecule has 1 heterocycles. The van der Waals surface area contributed by atoms with Gasteiger partial charge in [-0.05, 0) is 35.7 Å². The maximum absolute atomic E-state index is 13.1. The Hall–Kier alpha value is -1.52. The van der Waals surface area contributed by atoms with Gasteiger partial charge in [-0.3, -0.25) is 4.79 Å². The molecule has 0 aliphatic rings. The highest BCUT2D eigenvalue weighted by molar-refractivity contribution is 9.10. The predicted molar refractivity (Wildman–Crippen MR) is 79.4 cm³/mol. The van der Waals surface area contributed by atoms with Crippen molar-refractivity contribution in [2.45, 2.75) is 0 Å². The lowest BCUT2D eigenvalue weighted by Crippen LogP contribution is -1.97. The quantitative estimate of drug-likeness (QED) is 0.600. The molecule has 1 aromatic heterocycles. The van der Waals surface area contributed by atoms with E-state index in [0.717, 1.165) is 14.6 Å². The van der Waals surface area contributed by atoms with E-state index in [9.17, 15) is 9.18 Å². The van der Waals surface area contributed by atoms with Crippen molar-refractivity contribution in [3.05, 3.63) is 69.3 Å². The monoisotopic (exact) mass is 334 g/mol. The van der Waals surface area contributed by atoms with Gasteiger partial charge in [-0.2, -0.15) is 0 Å². The van der Waals surface area contributed by atoms with Crippen molar-refractivity contribution in [2.24, 2.45) is 0 Å². The van der Waals surface area contributed by atoms with Gasteiger partial charge < -0.3 is 0 Å². The molecule has 0 unspecified atom stereocenters. The van der Waals surface area contributed by atoms with E-state index in [-0.39, 0.29) is 11.6 Å². The molecule has 0 fully saturated rings. The maximum Gasteiger partial charge on any atom is 0.203 e. The third kappa shape index (κ3) is 2.46. The number of hydrogen-bond donors (Lipinski definition) is 0. The van der Waals surface area contributed by atoms with Crippen molar-refractivity contribution in [1.82, 2.24) is 0 Å². The van der Waals surface area contributed by atoms with Crippen LogP contribution in [0.15, 0.2) is 53.0 Å². The van der Waals surface area contributed by atoms with Gasteiger partial charge in [0.25, 0.3) is 0 Å². The standard InChI is InChI=1S/C15H8BrFOS/c16-11-3-1-2-10(6-11)15(18)14-7-9-4-5-12(17)8-13(9)19-14/h1-8H. The molecule has 3 rings (SSSR count). The molecule has 19 heavy (non-hydrogen) atoms. The van der Waals surface area contributed by atoms with Crippen molar-refractivity contribution >= 4 is 43.1 Å². The SMILES string of the molecule is O=C(c1cccc(Br)c1)c1cc2ccc(F)cc2s1. The Kier molecular flexibility index (Phi) is 3.21. The lowest BCUT2D eigenvalue weighted by atomic mass is 10.1. The van der Waals surface area contributed by atoms with Crippen LogP contribution in [0.3, 0.4) is 0 Å². The third-order valence-electron chi connectivity index (χ3n) is 2.79. The van der Waals surface area contributed by atoms with E-state index >= 15 is 0 Å². The Labute approximate surface area is 121 Å². The van der Waals surface area contributed by atoms with Crippen LogP contribution >= 0.6 is 27.3 Å². The number of fused-ring (bicyclic) bond motifs is 1.